The number of aromatic amines is 1. The summed E-state index contributed by atoms with van der Waals surface area (Å²) in [6, 6.07) is 7.83. The fourth-order valence-electron chi connectivity index (χ4n) is 2.38. The Kier molecular flexibility index (Phi) is 2.67. The molecule has 0 saturated heterocycles. The van der Waals surface area contributed by atoms with Gasteiger partial charge in [-0.1, -0.05) is 23.4 Å². The molecule has 19 heavy (non-hydrogen) atoms. The van der Waals surface area contributed by atoms with Crippen LogP contribution in [-0.4, -0.2) is 28.9 Å². The maximum Gasteiger partial charge on any atom is 0.202 e. The van der Waals surface area contributed by atoms with Crippen LogP contribution < -0.4 is 0 Å². The lowest BCUT2D eigenvalue weighted by Gasteiger charge is -2.18. The molecule has 0 saturated carbocycles. The molecule has 5 nitrogen and oxygen atoms in total. The molecule has 3 rings (SSSR count). The zero-order valence-electron chi connectivity index (χ0n) is 10.1. The van der Waals surface area contributed by atoms with Gasteiger partial charge in [0, 0.05) is 29.9 Å². The summed E-state index contributed by atoms with van der Waals surface area (Å²) >= 11 is 0. The summed E-state index contributed by atoms with van der Waals surface area (Å²) in [5.41, 5.74) is 1.20. The van der Waals surface area contributed by atoms with Crippen molar-refractivity contribution in [2.24, 2.45) is 5.16 Å². The summed E-state index contributed by atoms with van der Waals surface area (Å²) in [5.74, 6) is 0. The number of aldehydes is 2. The van der Waals surface area contributed by atoms with E-state index in [-0.39, 0.29) is 12.1 Å². The first kappa shape index (κ1) is 11.6. The normalized spacial score (nSPS) is 22.0. The van der Waals surface area contributed by atoms with Gasteiger partial charge in [0.15, 0.2) is 12.6 Å². The summed E-state index contributed by atoms with van der Waals surface area (Å²) in [6.45, 7) is 0. The van der Waals surface area contributed by atoms with Crippen LogP contribution in [0.1, 0.15) is 12.0 Å². The molecule has 5 heteroatoms. The van der Waals surface area contributed by atoms with Gasteiger partial charge in [-0.05, 0) is 11.6 Å². The lowest BCUT2D eigenvalue weighted by Crippen LogP contribution is -2.33. The minimum absolute atomic E-state index is 0.222. The molecular formula is C14H12N2O3. The van der Waals surface area contributed by atoms with Gasteiger partial charge in [-0.25, -0.2) is 0 Å². The van der Waals surface area contributed by atoms with E-state index >= 15 is 0 Å². The van der Waals surface area contributed by atoms with Crippen molar-refractivity contribution in [2.45, 2.75) is 18.4 Å². The van der Waals surface area contributed by atoms with Gasteiger partial charge in [-0.2, -0.15) is 0 Å². The van der Waals surface area contributed by atoms with Gasteiger partial charge in [0.05, 0.1) is 0 Å². The topological polar surface area (TPSA) is 71.5 Å². The highest BCUT2D eigenvalue weighted by Crippen LogP contribution is 2.29. The molecule has 0 aliphatic carbocycles. The second-order valence-corrected chi connectivity index (χ2v) is 4.69. The van der Waals surface area contributed by atoms with Gasteiger partial charge in [-0.3, -0.25) is 9.59 Å². The molecule has 2 aromatic rings. The van der Waals surface area contributed by atoms with Crippen molar-refractivity contribution in [2.75, 3.05) is 0 Å². The maximum atomic E-state index is 11.3. The van der Waals surface area contributed by atoms with Crippen LogP contribution in [0.3, 0.4) is 0 Å². The number of hydrogen-bond donors (Lipinski definition) is 1. The maximum absolute atomic E-state index is 11.3. The van der Waals surface area contributed by atoms with Gasteiger partial charge in [0.1, 0.15) is 5.71 Å². The van der Waals surface area contributed by atoms with E-state index < -0.39 is 5.60 Å². The number of fused-ring (bicyclic) bond motifs is 1. The number of rotatable bonds is 4. The highest BCUT2D eigenvalue weighted by Gasteiger charge is 2.39. The predicted octanol–water partition coefficient (Wildman–Crippen LogP) is 1.62. The zero-order valence-corrected chi connectivity index (χ0v) is 10.1. The molecular weight excluding hydrogens is 244 g/mol. The Labute approximate surface area is 109 Å². The third kappa shape index (κ3) is 1.93. The number of benzene rings is 1. The molecule has 1 aliphatic heterocycles. The molecule has 0 amide bonds. The lowest BCUT2D eigenvalue weighted by atomic mass is 9.91. The SMILES string of the molecule is O=CC1=NOC(C=O)(Cc2c[nH]c3ccccc23)C1. The van der Waals surface area contributed by atoms with Gasteiger partial charge in [0.25, 0.3) is 0 Å². The largest absolute Gasteiger partial charge is 0.380 e. The number of aromatic nitrogens is 1. The third-order valence-corrected chi connectivity index (χ3v) is 3.34. The van der Waals surface area contributed by atoms with Crippen molar-refractivity contribution in [3.8, 4) is 0 Å². The molecule has 0 spiro atoms. The highest BCUT2D eigenvalue weighted by molar-refractivity contribution is 6.29. The van der Waals surface area contributed by atoms with Gasteiger partial charge >= 0.3 is 0 Å². The van der Waals surface area contributed by atoms with Crippen molar-refractivity contribution < 1.29 is 14.4 Å². The highest BCUT2D eigenvalue weighted by atomic mass is 16.7. The Hall–Kier alpha value is -2.43. The summed E-state index contributed by atoms with van der Waals surface area (Å²) in [7, 11) is 0. The Morgan fingerprint density at radius 3 is 2.95 bits per heavy atom. The van der Waals surface area contributed by atoms with Crippen LogP contribution in [0.5, 0.6) is 0 Å². The van der Waals surface area contributed by atoms with Crippen molar-refractivity contribution in [1.82, 2.24) is 4.98 Å². The molecule has 0 bridgehead atoms. The van der Waals surface area contributed by atoms with E-state index in [0.29, 0.717) is 12.7 Å². The van der Waals surface area contributed by atoms with Gasteiger partial charge < -0.3 is 9.82 Å². The average molecular weight is 256 g/mol. The van der Waals surface area contributed by atoms with Crippen LogP contribution in [0.25, 0.3) is 10.9 Å². The van der Waals surface area contributed by atoms with Crippen LogP contribution in [0.2, 0.25) is 0 Å². The van der Waals surface area contributed by atoms with Crippen molar-refractivity contribution in [1.29, 1.82) is 0 Å². The fraction of sp³-hybridized carbons (Fsp3) is 0.214. The fourth-order valence-corrected chi connectivity index (χ4v) is 2.38. The number of hydrogen-bond acceptors (Lipinski definition) is 4. The van der Waals surface area contributed by atoms with Gasteiger partial charge in [-0.15, -0.1) is 0 Å². The average Bonchev–Trinajstić information content (AvgIpc) is 3.05. The van der Waals surface area contributed by atoms with Crippen LogP contribution >= 0.6 is 0 Å². The molecule has 96 valence electrons. The van der Waals surface area contributed by atoms with Gasteiger partial charge in [0.2, 0.25) is 5.60 Å². The Morgan fingerprint density at radius 2 is 2.21 bits per heavy atom. The van der Waals surface area contributed by atoms with E-state index in [4.69, 9.17) is 4.84 Å². The first-order chi connectivity index (χ1) is 9.26. The van der Waals surface area contributed by atoms with E-state index in [1.54, 1.807) is 0 Å². The molecule has 0 fully saturated rings. The summed E-state index contributed by atoms with van der Waals surface area (Å²) in [5, 5.41) is 4.69. The quantitative estimate of drug-likeness (QED) is 0.845. The smallest absolute Gasteiger partial charge is 0.202 e. The second kappa shape index (κ2) is 4.35. The number of nitrogens with zero attached hydrogens (tertiary/aromatic N) is 1. The Morgan fingerprint density at radius 1 is 1.37 bits per heavy atom. The predicted molar refractivity (Wildman–Crippen MR) is 70.0 cm³/mol. The number of carbonyl (C=O) groups excluding carboxylic acids is 2. The van der Waals surface area contributed by atoms with E-state index in [2.05, 4.69) is 10.1 Å². The number of H-pyrrole nitrogens is 1. The summed E-state index contributed by atoms with van der Waals surface area (Å²) in [4.78, 5) is 30.4. The molecule has 1 aromatic heterocycles. The van der Waals surface area contributed by atoms with E-state index in [9.17, 15) is 9.59 Å². The molecule has 1 N–H and O–H groups in total. The second-order valence-electron chi connectivity index (χ2n) is 4.69. The van der Waals surface area contributed by atoms with Crippen LogP contribution in [-0.2, 0) is 20.8 Å². The zero-order chi connectivity index (χ0) is 13.3. The number of para-hydroxylation sites is 1. The van der Waals surface area contributed by atoms with E-state index in [1.807, 2.05) is 30.5 Å². The molecule has 2 heterocycles. The van der Waals surface area contributed by atoms with Crippen LogP contribution in [0.15, 0.2) is 35.6 Å². The van der Waals surface area contributed by atoms with Crippen LogP contribution in [0.4, 0.5) is 0 Å². The van der Waals surface area contributed by atoms with E-state index in [0.717, 1.165) is 22.8 Å². The molecule has 1 unspecified atom stereocenters. The number of carbonyl (C=O) groups is 2. The van der Waals surface area contributed by atoms with Crippen molar-refractivity contribution in [3.63, 3.8) is 0 Å². The standard InChI is InChI=1S/C14H12N2O3/c17-8-11-6-14(9-18,19-16-11)5-10-7-15-13-4-2-1-3-12(10)13/h1-4,7-9,15H,5-6H2. The Bertz CT molecular complexity index is 674. The molecule has 1 aromatic carbocycles. The molecule has 1 atom stereocenters. The first-order valence-corrected chi connectivity index (χ1v) is 5.98. The number of nitrogens with one attached hydrogen (secondary N) is 1. The monoisotopic (exact) mass is 256 g/mol. The number of oxime groups is 1. The third-order valence-electron chi connectivity index (χ3n) is 3.34. The first-order valence-electron chi connectivity index (χ1n) is 5.98. The minimum Gasteiger partial charge on any atom is -0.380 e. The van der Waals surface area contributed by atoms with Crippen molar-refractivity contribution >= 4 is 29.2 Å². The van der Waals surface area contributed by atoms with E-state index in [1.165, 1.54) is 0 Å². The minimum atomic E-state index is -1.05. The molecule has 1 aliphatic rings. The molecule has 0 radical (unpaired) electrons. The Balaban J connectivity index is 1.92. The van der Waals surface area contributed by atoms with Crippen molar-refractivity contribution in [3.05, 3.63) is 36.0 Å². The summed E-state index contributed by atoms with van der Waals surface area (Å²) < 4.78 is 0. The van der Waals surface area contributed by atoms with Crippen LogP contribution in [0, 0.1) is 0 Å². The lowest BCUT2D eigenvalue weighted by molar-refractivity contribution is -0.127. The summed E-state index contributed by atoms with van der Waals surface area (Å²) in [6.07, 6.45) is 3.83.